The van der Waals surface area contributed by atoms with Crippen molar-refractivity contribution in [3.63, 3.8) is 0 Å². The van der Waals surface area contributed by atoms with Crippen molar-refractivity contribution in [1.29, 1.82) is 0 Å². The molecular weight excluding hydrogens is 291 g/mol. The quantitative estimate of drug-likeness (QED) is 0.850. The van der Waals surface area contributed by atoms with Crippen LogP contribution in [0.25, 0.3) is 0 Å². The summed E-state index contributed by atoms with van der Waals surface area (Å²) in [7, 11) is 1.86. The predicted octanol–water partition coefficient (Wildman–Crippen LogP) is 4.00. The zero-order valence-corrected chi connectivity index (χ0v) is 11.0. The SMILES string of the molecule is CN(c1cc(Br)cs1)c1cccc(F)c1N. The molecule has 16 heavy (non-hydrogen) atoms. The molecule has 0 saturated heterocycles. The zero-order chi connectivity index (χ0) is 11.7. The monoisotopic (exact) mass is 300 g/mol. The van der Waals surface area contributed by atoms with Gasteiger partial charge in [0.1, 0.15) is 5.82 Å². The van der Waals surface area contributed by atoms with Gasteiger partial charge in [0.25, 0.3) is 0 Å². The van der Waals surface area contributed by atoms with Crippen molar-refractivity contribution in [3.8, 4) is 0 Å². The second kappa shape index (κ2) is 4.43. The van der Waals surface area contributed by atoms with Gasteiger partial charge in [-0.2, -0.15) is 0 Å². The minimum Gasteiger partial charge on any atom is -0.395 e. The lowest BCUT2D eigenvalue weighted by molar-refractivity contribution is 0.632. The number of halogens is 2. The summed E-state index contributed by atoms with van der Waals surface area (Å²) in [6.07, 6.45) is 0. The highest BCUT2D eigenvalue weighted by molar-refractivity contribution is 9.10. The summed E-state index contributed by atoms with van der Waals surface area (Å²) < 4.78 is 14.3. The third kappa shape index (κ3) is 2.05. The number of nitrogen functional groups attached to an aromatic ring is 1. The molecule has 2 aromatic rings. The van der Waals surface area contributed by atoms with Crippen molar-refractivity contribution in [3.05, 3.63) is 39.9 Å². The van der Waals surface area contributed by atoms with Crippen LogP contribution in [0, 0.1) is 5.82 Å². The molecule has 0 bridgehead atoms. The van der Waals surface area contributed by atoms with E-state index in [0.29, 0.717) is 5.69 Å². The number of nitrogens with two attached hydrogens (primary N) is 1. The standard InChI is InChI=1S/C11H10BrFN2S/c1-15(10-5-7(12)6-16-10)9-4-2-3-8(13)11(9)14/h2-6H,14H2,1H3. The van der Waals surface area contributed by atoms with Gasteiger partial charge in [-0.3, -0.25) is 0 Å². The largest absolute Gasteiger partial charge is 0.395 e. The molecule has 1 heterocycles. The molecule has 0 aliphatic carbocycles. The average Bonchev–Trinajstić information content (AvgIpc) is 2.68. The number of benzene rings is 1. The maximum Gasteiger partial charge on any atom is 0.148 e. The molecule has 5 heteroatoms. The van der Waals surface area contributed by atoms with E-state index in [9.17, 15) is 4.39 Å². The van der Waals surface area contributed by atoms with E-state index in [2.05, 4.69) is 15.9 Å². The Morgan fingerprint density at radius 3 is 2.81 bits per heavy atom. The maximum absolute atomic E-state index is 13.3. The fourth-order valence-electron chi connectivity index (χ4n) is 1.42. The van der Waals surface area contributed by atoms with Gasteiger partial charge in [-0.15, -0.1) is 11.3 Å². The normalized spacial score (nSPS) is 10.4. The summed E-state index contributed by atoms with van der Waals surface area (Å²) in [4.78, 5) is 1.87. The van der Waals surface area contributed by atoms with Crippen molar-refractivity contribution in [2.75, 3.05) is 17.7 Å². The molecule has 2 rings (SSSR count). The van der Waals surface area contributed by atoms with Gasteiger partial charge in [-0.1, -0.05) is 6.07 Å². The Bertz CT molecular complexity index is 512. The molecule has 0 amide bonds. The van der Waals surface area contributed by atoms with E-state index in [1.165, 1.54) is 6.07 Å². The highest BCUT2D eigenvalue weighted by Gasteiger charge is 2.11. The van der Waals surface area contributed by atoms with Gasteiger partial charge in [0, 0.05) is 16.9 Å². The summed E-state index contributed by atoms with van der Waals surface area (Å²) in [5, 5.41) is 2.98. The molecule has 0 aliphatic heterocycles. The highest BCUT2D eigenvalue weighted by Crippen LogP contribution is 2.35. The average molecular weight is 301 g/mol. The molecule has 0 fully saturated rings. The van der Waals surface area contributed by atoms with Crippen LogP contribution in [0.15, 0.2) is 34.1 Å². The summed E-state index contributed by atoms with van der Waals surface area (Å²) in [5.74, 6) is -0.389. The number of hydrogen-bond donors (Lipinski definition) is 1. The molecule has 0 atom stereocenters. The first-order chi connectivity index (χ1) is 7.59. The van der Waals surface area contributed by atoms with Crippen LogP contribution in [-0.2, 0) is 0 Å². The molecule has 1 aromatic heterocycles. The second-order valence-corrected chi connectivity index (χ2v) is 5.14. The first kappa shape index (κ1) is 11.4. The molecular formula is C11H10BrFN2S. The number of para-hydroxylation sites is 1. The summed E-state index contributed by atoms with van der Waals surface area (Å²) in [6.45, 7) is 0. The lowest BCUT2D eigenvalue weighted by Gasteiger charge is -2.19. The first-order valence-electron chi connectivity index (χ1n) is 4.61. The molecule has 0 radical (unpaired) electrons. The van der Waals surface area contributed by atoms with E-state index in [4.69, 9.17) is 5.73 Å². The molecule has 0 saturated carbocycles. The summed E-state index contributed by atoms with van der Waals surface area (Å²) in [6, 6.07) is 6.78. The predicted molar refractivity (Wildman–Crippen MR) is 70.9 cm³/mol. The van der Waals surface area contributed by atoms with Crippen molar-refractivity contribution >= 4 is 43.6 Å². The molecule has 0 unspecified atom stereocenters. The molecule has 84 valence electrons. The van der Waals surface area contributed by atoms with Gasteiger partial charge in [-0.25, -0.2) is 4.39 Å². The Morgan fingerprint density at radius 1 is 1.44 bits per heavy atom. The van der Waals surface area contributed by atoms with E-state index in [1.807, 2.05) is 23.4 Å². The van der Waals surface area contributed by atoms with Crippen LogP contribution in [-0.4, -0.2) is 7.05 Å². The third-order valence-electron chi connectivity index (χ3n) is 2.28. The number of rotatable bonds is 2. The van der Waals surface area contributed by atoms with Crippen molar-refractivity contribution < 1.29 is 4.39 Å². The minimum atomic E-state index is -0.389. The third-order valence-corrected chi connectivity index (χ3v) is 4.04. The van der Waals surface area contributed by atoms with E-state index in [0.717, 1.165) is 9.47 Å². The van der Waals surface area contributed by atoms with E-state index >= 15 is 0 Å². The van der Waals surface area contributed by atoms with Crippen LogP contribution in [0.5, 0.6) is 0 Å². The number of hydrogen-bond acceptors (Lipinski definition) is 3. The number of nitrogens with zero attached hydrogens (tertiary/aromatic N) is 1. The van der Waals surface area contributed by atoms with Crippen molar-refractivity contribution in [2.24, 2.45) is 0 Å². The van der Waals surface area contributed by atoms with Gasteiger partial charge >= 0.3 is 0 Å². The lowest BCUT2D eigenvalue weighted by atomic mass is 10.2. The maximum atomic E-state index is 13.3. The summed E-state index contributed by atoms with van der Waals surface area (Å²) in [5.41, 5.74) is 6.55. The van der Waals surface area contributed by atoms with Crippen molar-refractivity contribution in [1.82, 2.24) is 0 Å². The number of anilines is 3. The molecule has 2 nitrogen and oxygen atoms in total. The van der Waals surface area contributed by atoms with E-state index < -0.39 is 0 Å². The van der Waals surface area contributed by atoms with Crippen molar-refractivity contribution in [2.45, 2.75) is 0 Å². The highest BCUT2D eigenvalue weighted by atomic mass is 79.9. The Labute approximate surface area is 106 Å². The fourth-order valence-corrected chi connectivity index (χ4v) is 2.82. The van der Waals surface area contributed by atoms with Gasteiger partial charge in [-0.05, 0) is 34.1 Å². The topological polar surface area (TPSA) is 29.3 Å². The van der Waals surface area contributed by atoms with Gasteiger partial charge in [0.2, 0.25) is 0 Å². The molecule has 2 N–H and O–H groups in total. The van der Waals surface area contributed by atoms with Crippen LogP contribution < -0.4 is 10.6 Å². The lowest BCUT2D eigenvalue weighted by Crippen LogP contribution is -2.10. The Morgan fingerprint density at radius 2 is 2.19 bits per heavy atom. The van der Waals surface area contributed by atoms with Crippen LogP contribution >= 0.6 is 27.3 Å². The van der Waals surface area contributed by atoms with Gasteiger partial charge < -0.3 is 10.6 Å². The minimum absolute atomic E-state index is 0.175. The first-order valence-corrected chi connectivity index (χ1v) is 6.28. The van der Waals surface area contributed by atoms with Gasteiger partial charge in [0.15, 0.2) is 0 Å². The number of thiophene rings is 1. The van der Waals surface area contributed by atoms with Crippen LogP contribution in [0.2, 0.25) is 0 Å². The molecule has 0 aliphatic rings. The van der Waals surface area contributed by atoms with E-state index in [-0.39, 0.29) is 11.5 Å². The molecule has 1 aromatic carbocycles. The van der Waals surface area contributed by atoms with Crippen LogP contribution in [0.1, 0.15) is 0 Å². The van der Waals surface area contributed by atoms with E-state index in [1.54, 1.807) is 23.5 Å². The van der Waals surface area contributed by atoms with Gasteiger partial charge in [0.05, 0.1) is 16.4 Å². The fraction of sp³-hybridized carbons (Fsp3) is 0.0909. The zero-order valence-electron chi connectivity index (χ0n) is 8.58. The molecule has 0 spiro atoms. The van der Waals surface area contributed by atoms with Crippen LogP contribution in [0.3, 0.4) is 0 Å². The summed E-state index contributed by atoms with van der Waals surface area (Å²) >= 11 is 4.95. The Kier molecular flexibility index (Phi) is 3.16. The second-order valence-electron chi connectivity index (χ2n) is 3.33. The Hall–Kier alpha value is -1.07. The Balaban J connectivity index is 2.41. The smallest absolute Gasteiger partial charge is 0.148 e. The van der Waals surface area contributed by atoms with Crippen LogP contribution in [0.4, 0.5) is 20.8 Å².